The molecule has 0 heterocycles. The molecule has 8 heteroatoms. The highest BCUT2D eigenvalue weighted by atomic mass is 19.4. The number of rotatable bonds is 4. The number of aliphatic hydroxyl groups excluding tert-OH is 1. The van der Waals surface area contributed by atoms with E-state index in [0.29, 0.717) is 0 Å². The van der Waals surface area contributed by atoms with Crippen molar-refractivity contribution in [3.8, 4) is 0 Å². The van der Waals surface area contributed by atoms with Gasteiger partial charge in [0.05, 0.1) is 11.4 Å². The van der Waals surface area contributed by atoms with E-state index in [9.17, 15) is 18.0 Å². The van der Waals surface area contributed by atoms with E-state index in [4.69, 9.17) is 16.6 Å². The number of alkyl halides is 3. The van der Waals surface area contributed by atoms with Crippen molar-refractivity contribution >= 4 is 17.3 Å². The van der Waals surface area contributed by atoms with Crippen LogP contribution in [-0.4, -0.2) is 29.8 Å². The molecular weight excluding hydrogens is 251 g/mol. The average Bonchev–Trinajstić information content (AvgIpc) is 2.25. The normalized spacial score (nSPS) is 13.1. The number of nitrogens with two attached hydrogens (primary N) is 2. The Hall–Kier alpha value is -1.96. The fourth-order valence-corrected chi connectivity index (χ4v) is 1.19. The summed E-state index contributed by atoms with van der Waals surface area (Å²) < 4.78 is 36.2. The maximum atomic E-state index is 12.1. The summed E-state index contributed by atoms with van der Waals surface area (Å²) >= 11 is 0. The van der Waals surface area contributed by atoms with Gasteiger partial charge in [-0.15, -0.1) is 0 Å². The quantitative estimate of drug-likeness (QED) is 0.601. The van der Waals surface area contributed by atoms with Gasteiger partial charge >= 0.3 is 6.18 Å². The molecule has 0 aliphatic rings. The van der Waals surface area contributed by atoms with Crippen LogP contribution in [0, 0.1) is 0 Å². The minimum atomic E-state index is -4.72. The lowest BCUT2D eigenvalue weighted by Gasteiger charge is -2.17. The molecule has 18 heavy (non-hydrogen) atoms. The highest BCUT2D eigenvalue weighted by Gasteiger charge is 2.37. The zero-order chi connectivity index (χ0) is 13.9. The summed E-state index contributed by atoms with van der Waals surface area (Å²) in [6, 6.07) is 3.91. The number of anilines is 2. The van der Waals surface area contributed by atoms with E-state index in [2.05, 4.69) is 5.32 Å². The lowest BCUT2D eigenvalue weighted by atomic mass is 10.1. The zero-order valence-electron chi connectivity index (χ0n) is 9.16. The van der Waals surface area contributed by atoms with Gasteiger partial charge in [0.15, 0.2) is 6.10 Å². The molecule has 0 aliphatic carbocycles. The summed E-state index contributed by atoms with van der Waals surface area (Å²) in [5.41, 5.74) is 10.9. The maximum Gasteiger partial charge on any atom is 0.416 e. The summed E-state index contributed by atoms with van der Waals surface area (Å²) in [6.45, 7) is -0.768. The van der Waals surface area contributed by atoms with Crippen molar-refractivity contribution in [3.63, 3.8) is 0 Å². The minimum absolute atomic E-state index is 0.105. The topological polar surface area (TPSA) is 101 Å². The third-order valence-corrected chi connectivity index (χ3v) is 2.20. The van der Waals surface area contributed by atoms with Crippen molar-refractivity contribution in [1.82, 2.24) is 0 Å². The summed E-state index contributed by atoms with van der Waals surface area (Å²) in [6.07, 6.45) is -7.24. The van der Waals surface area contributed by atoms with Gasteiger partial charge in [0, 0.05) is 12.1 Å². The first-order valence-corrected chi connectivity index (χ1v) is 4.90. The van der Waals surface area contributed by atoms with Gasteiger partial charge < -0.3 is 21.9 Å². The van der Waals surface area contributed by atoms with E-state index in [-0.39, 0.29) is 16.9 Å². The predicted molar refractivity (Wildman–Crippen MR) is 59.9 cm³/mol. The Morgan fingerprint density at radius 1 is 1.44 bits per heavy atom. The number of aliphatic hydroxyl groups is 1. The number of nitrogen functional groups attached to an aromatic ring is 1. The summed E-state index contributed by atoms with van der Waals surface area (Å²) in [7, 11) is 0. The van der Waals surface area contributed by atoms with Crippen molar-refractivity contribution in [1.29, 1.82) is 0 Å². The molecule has 1 aromatic carbocycles. The first-order chi connectivity index (χ1) is 8.21. The molecule has 1 aromatic rings. The van der Waals surface area contributed by atoms with Crippen molar-refractivity contribution in [2.75, 3.05) is 17.6 Å². The zero-order valence-corrected chi connectivity index (χ0v) is 9.16. The monoisotopic (exact) mass is 263 g/mol. The van der Waals surface area contributed by atoms with E-state index >= 15 is 0 Å². The average molecular weight is 263 g/mol. The molecule has 1 unspecified atom stereocenters. The van der Waals surface area contributed by atoms with Crippen LogP contribution in [0.25, 0.3) is 0 Å². The van der Waals surface area contributed by atoms with Gasteiger partial charge in [0.25, 0.3) is 0 Å². The number of carbonyl (C=O) groups excluding carboxylic acids is 1. The minimum Gasteiger partial charge on any atom is -0.397 e. The Labute approximate surface area is 101 Å². The molecule has 5 nitrogen and oxygen atoms in total. The van der Waals surface area contributed by atoms with Gasteiger partial charge in [0.1, 0.15) is 0 Å². The van der Waals surface area contributed by atoms with E-state index in [1.165, 1.54) is 18.2 Å². The highest BCUT2D eigenvalue weighted by Crippen LogP contribution is 2.23. The van der Waals surface area contributed by atoms with Crippen LogP contribution in [0.15, 0.2) is 18.2 Å². The molecule has 0 saturated heterocycles. The van der Waals surface area contributed by atoms with Crippen LogP contribution in [0.1, 0.15) is 10.4 Å². The number of amides is 1. The molecule has 1 atom stereocenters. The first kappa shape index (κ1) is 14.1. The number of nitrogens with one attached hydrogen (secondary N) is 1. The molecule has 0 bridgehead atoms. The van der Waals surface area contributed by atoms with E-state index < -0.39 is 24.7 Å². The molecule has 0 saturated carbocycles. The number of primary amides is 1. The van der Waals surface area contributed by atoms with Crippen molar-refractivity contribution < 1.29 is 23.1 Å². The lowest BCUT2D eigenvalue weighted by Crippen LogP contribution is -2.35. The molecular formula is C10H12F3N3O2. The Balaban J connectivity index is 2.78. The summed E-state index contributed by atoms with van der Waals surface area (Å²) in [5.74, 6) is -0.727. The number of hydrogen-bond donors (Lipinski definition) is 4. The molecule has 1 amide bonds. The second-order valence-electron chi connectivity index (χ2n) is 3.60. The second kappa shape index (κ2) is 5.13. The van der Waals surface area contributed by atoms with Gasteiger partial charge in [-0.1, -0.05) is 0 Å². The van der Waals surface area contributed by atoms with Crippen LogP contribution in [-0.2, 0) is 0 Å². The number of benzene rings is 1. The maximum absolute atomic E-state index is 12.1. The van der Waals surface area contributed by atoms with Crippen LogP contribution in [0.5, 0.6) is 0 Å². The third-order valence-electron chi connectivity index (χ3n) is 2.20. The number of carbonyl (C=O) groups is 1. The SMILES string of the molecule is NC(=O)c1ccc(N)c(NCC(O)C(F)(F)F)c1. The second-order valence-corrected chi connectivity index (χ2v) is 3.60. The van der Waals surface area contributed by atoms with E-state index in [1.807, 2.05) is 0 Å². The molecule has 0 radical (unpaired) electrons. The van der Waals surface area contributed by atoms with Crippen molar-refractivity contribution in [3.05, 3.63) is 23.8 Å². The van der Waals surface area contributed by atoms with Crippen LogP contribution >= 0.6 is 0 Å². The molecule has 1 rings (SSSR count). The van der Waals surface area contributed by atoms with Crippen LogP contribution in [0.3, 0.4) is 0 Å². The standard InChI is InChI=1S/C10H12F3N3O2/c11-10(12,13)8(17)4-16-7-3-5(9(15)18)1-2-6(7)14/h1-3,8,16-17H,4,14H2,(H2,15,18). The Morgan fingerprint density at radius 2 is 2.06 bits per heavy atom. The molecule has 100 valence electrons. The van der Waals surface area contributed by atoms with Gasteiger partial charge in [0.2, 0.25) is 5.91 Å². The van der Waals surface area contributed by atoms with Gasteiger partial charge in [-0.3, -0.25) is 4.79 Å². The smallest absolute Gasteiger partial charge is 0.397 e. The largest absolute Gasteiger partial charge is 0.416 e. The Bertz CT molecular complexity index is 448. The molecule has 0 spiro atoms. The fraction of sp³-hybridized carbons (Fsp3) is 0.300. The fourth-order valence-electron chi connectivity index (χ4n) is 1.19. The van der Waals surface area contributed by atoms with Gasteiger partial charge in [-0.2, -0.15) is 13.2 Å². The predicted octanol–water partition coefficient (Wildman–Crippen LogP) is 0.703. The summed E-state index contributed by atoms with van der Waals surface area (Å²) in [4.78, 5) is 10.9. The van der Waals surface area contributed by atoms with Gasteiger partial charge in [-0.05, 0) is 18.2 Å². The highest BCUT2D eigenvalue weighted by molar-refractivity contribution is 5.94. The van der Waals surface area contributed by atoms with E-state index in [0.717, 1.165) is 0 Å². The Kier molecular flexibility index (Phi) is 4.02. The third kappa shape index (κ3) is 3.52. The number of halogens is 3. The molecule has 6 N–H and O–H groups in total. The van der Waals surface area contributed by atoms with Gasteiger partial charge in [-0.25, -0.2) is 0 Å². The molecule has 0 aliphatic heterocycles. The van der Waals surface area contributed by atoms with Crippen LogP contribution in [0.2, 0.25) is 0 Å². The molecule has 0 aromatic heterocycles. The lowest BCUT2D eigenvalue weighted by molar-refractivity contribution is -0.198. The Morgan fingerprint density at radius 3 is 2.56 bits per heavy atom. The van der Waals surface area contributed by atoms with E-state index in [1.54, 1.807) is 0 Å². The molecule has 0 fully saturated rings. The van der Waals surface area contributed by atoms with Crippen LogP contribution < -0.4 is 16.8 Å². The van der Waals surface area contributed by atoms with Crippen LogP contribution in [0.4, 0.5) is 24.5 Å². The summed E-state index contributed by atoms with van der Waals surface area (Å²) in [5, 5.41) is 11.1. The number of hydrogen-bond acceptors (Lipinski definition) is 4. The van der Waals surface area contributed by atoms with Crippen molar-refractivity contribution in [2.45, 2.75) is 12.3 Å². The van der Waals surface area contributed by atoms with Crippen molar-refractivity contribution in [2.24, 2.45) is 5.73 Å². The first-order valence-electron chi connectivity index (χ1n) is 4.90.